The molecule has 0 fully saturated rings. The Morgan fingerprint density at radius 2 is 1.14 bits per heavy atom. The molecule has 21 heavy (non-hydrogen) atoms. The summed E-state index contributed by atoms with van der Waals surface area (Å²) < 4.78 is 59.0. The van der Waals surface area contributed by atoms with Crippen LogP contribution in [-0.2, 0) is 36.4 Å². The zero-order chi connectivity index (χ0) is 16.8. The van der Waals surface area contributed by atoms with Crippen LogP contribution in [0.3, 0.4) is 0 Å². The smallest absolute Gasteiger partial charge is 0.320 e. The van der Waals surface area contributed by atoms with E-state index in [0.717, 1.165) is 6.92 Å². The van der Waals surface area contributed by atoms with Gasteiger partial charge in [0.05, 0.1) is 5.92 Å². The van der Waals surface area contributed by atoms with Gasteiger partial charge in [0.1, 0.15) is 0 Å². The molecule has 0 radical (unpaired) electrons. The first kappa shape index (κ1) is 21.6. The number of hydrogen-bond donors (Lipinski definition) is 5. The molecule has 0 heterocycles. The summed E-state index contributed by atoms with van der Waals surface area (Å²) in [5.74, 6) is -5.10. The van der Waals surface area contributed by atoms with E-state index in [-0.39, 0.29) is 0 Å². The van der Waals surface area contributed by atoms with Crippen LogP contribution in [0, 0.1) is 5.92 Å². The van der Waals surface area contributed by atoms with Crippen molar-refractivity contribution >= 4 is 33.0 Å². The minimum atomic E-state index is -3.90. The highest BCUT2D eigenvalue weighted by Crippen LogP contribution is 2.42. The monoisotopic (exact) mass is 394 g/mol. The van der Waals surface area contributed by atoms with Gasteiger partial charge in [0, 0.05) is 0 Å². The lowest BCUT2D eigenvalue weighted by molar-refractivity contribution is -0.326. The van der Waals surface area contributed by atoms with Crippen molar-refractivity contribution in [3.8, 4) is 0 Å². The Kier molecular flexibility index (Phi) is 9.90. The Morgan fingerprint density at radius 3 is 1.38 bits per heavy atom. The van der Waals surface area contributed by atoms with E-state index in [1.54, 1.807) is 0 Å². The summed E-state index contributed by atoms with van der Waals surface area (Å²) in [7, 11) is -15.3. The average molecular weight is 394 g/mol. The third-order valence-electron chi connectivity index (χ3n) is 1.88. The van der Waals surface area contributed by atoms with Crippen LogP contribution in [0.2, 0.25) is 0 Å². The minimum Gasteiger partial charge on any atom is -0.342 e. The molecule has 0 rings (SSSR count). The molecule has 5 unspecified atom stereocenters. The molecule has 13 nitrogen and oxygen atoms in total. The largest absolute Gasteiger partial charge is 0.342 e. The molecule has 0 bridgehead atoms. The van der Waals surface area contributed by atoms with Crippen molar-refractivity contribution in [2.45, 2.75) is 19.2 Å². The Morgan fingerprint density at radius 1 is 0.810 bits per heavy atom. The summed E-state index contributed by atoms with van der Waals surface area (Å²) >= 11 is 0. The molecule has 0 saturated carbocycles. The van der Waals surface area contributed by atoms with Gasteiger partial charge in [-0.15, -0.1) is 0 Å². The maximum absolute atomic E-state index is 10.6. The fourth-order valence-electron chi connectivity index (χ4n) is 1.06. The summed E-state index contributed by atoms with van der Waals surface area (Å²) in [6.07, 6.45) is -2.12. The van der Waals surface area contributed by atoms with E-state index in [4.69, 9.17) is 19.6 Å². The van der Waals surface area contributed by atoms with Crippen LogP contribution in [0.15, 0.2) is 0 Å². The zero-order valence-corrected chi connectivity index (χ0v) is 14.2. The third-order valence-corrected chi connectivity index (χ3v) is 3.69. The summed E-state index contributed by atoms with van der Waals surface area (Å²) in [6.45, 7) is 0.871. The number of hydrogen-bond acceptors (Lipinski definition) is 9. The molecule has 5 atom stereocenters. The van der Waals surface area contributed by atoms with Crippen molar-refractivity contribution in [2.75, 3.05) is 0 Å². The van der Waals surface area contributed by atoms with Gasteiger partial charge in [-0.3, -0.25) is 36.4 Å². The quantitative estimate of drug-likeness (QED) is 0.227. The molecule has 0 aromatic heterocycles. The van der Waals surface area contributed by atoms with Crippen molar-refractivity contribution in [1.82, 2.24) is 0 Å². The summed E-state index contributed by atoms with van der Waals surface area (Å²) in [5, 5.41) is 9.80. The highest BCUT2D eigenvalue weighted by molar-refractivity contribution is 7.33. The Balaban J connectivity index is 5.38. The molecular weight excluding hydrogens is 380 g/mol. The van der Waals surface area contributed by atoms with Crippen molar-refractivity contribution in [3.63, 3.8) is 0 Å². The summed E-state index contributed by atoms with van der Waals surface area (Å²) in [5.41, 5.74) is 0. The first-order valence-corrected chi connectivity index (χ1v) is 9.88. The third kappa shape index (κ3) is 8.68. The predicted octanol–water partition coefficient (Wildman–Crippen LogP) is -0.811. The van der Waals surface area contributed by atoms with Crippen LogP contribution in [0.25, 0.3) is 0 Å². The number of rotatable bonds is 10. The van der Waals surface area contributed by atoms with Gasteiger partial charge in [-0.05, 0) is 6.92 Å². The molecule has 0 aromatic rings. The van der Waals surface area contributed by atoms with Gasteiger partial charge in [-0.1, -0.05) is 0 Å². The first-order valence-electron chi connectivity index (χ1n) is 4.83. The Hall–Kier alpha value is 0.560. The van der Waals surface area contributed by atoms with E-state index in [1.165, 1.54) is 0 Å². The van der Waals surface area contributed by atoms with Gasteiger partial charge < -0.3 is 24.7 Å². The van der Waals surface area contributed by atoms with Crippen LogP contribution in [0.1, 0.15) is 6.92 Å². The van der Waals surface area contributed by atoms with Gasteiger partial charge >= 0.3 is 39.0 Å². The van der Waals surface area contributed by atoms with Crippen molar-refractivity contribution < 1.29 is 61.0 Å². The highest BCUT2D eigenvalue weighted by atomic mass is 31.1. The number of aliphatic hydroxyl groups is 1. The van der Waals surface area contributed by atoms with Gasteiger partial charge in [0.25, 0.3) is 0 Å². The normalized spacial score (nSPS) is 23.5. The van der Waals surface area contributed by atoms with Crippen molar-refractivity contribution in [2.24, 2.45) is 5.92 Å². The maximum Gasteiger partial charge on any atom is 0.320 e. The van der Waals surface area contributed by atoms with E-state index in [2.05, 4.69) is 18.1 Å². The molecule has 5 N–H and O–H groups in total. The minimum absolute atomic E-state index is 0.871. The lowest BCUT2D eigenvalue weighted by Crippen LogP contribution is -2.45. The lowest BCUT2D eigenvalue weighted by atomic mass is 10.1. The van der Waals surface area contributed by atoms with E-state index in [9.17, 15) is 23.4 Å². The Bertz CT molecular complexity index is 404. The van der Waals surface area contributed by atoms with Crippen LogP contribution in [0.4, 0.5) is 0 Å². The van der Waals surface area contributed by atoms with Crippen molar-refractivity contribution in [3.05, 3.63) is 0 Å². The molecular formula is C4H14O13P4. The van der Waals surface area contributed by atoms with Crippen LogP contribution in [0.5, 0.6) is 0 Å². The zero-order valence-electron chi connectivity index (χ0n) is 10.2. The fourth-order valence-corrected chi connectivity index (χ4v) is 3.09. The molecule has 128 valence electrons. The summed E-state index contributed by atoms with van der Waals surface area (Å²) in [6, 6.07) is 0. The van der Waals surface area contributed by atoms with Crippen LogP contribution < -0.4 is 0 Å². The average Bonchev–Trinajstić information content (AvgIpc) is 2.23. The molecule has 0 amide bonds. The van der Waals surface area contributed by atoms with Gasteiger partial charge in [0.15, 0.2) is 6.29 Å². The van der Waals surface area contributed by atoms with Gasteiger partial charge in [-0.25, -0.2) is 0 Å². The standard InChI is InChI=1S/C4H14O13P4/c1-2(3(14-18(6)7)15-19(8)9)4(5,16-20(10)11)17-21(12)13/h2-3,5,18-21H,1H3,(H,6,7)(H,8,9)(H,10,11)(H,12,13). The predicted molar refractivity (Wildman–Crippen MR) is 67.1 cm³/mol. The van der Waals surface area contributed by atoms with E-state index in [1.807, 2.05) is 0 Å². The fraction of sp³-hybridized carbons (Fsp3) is 1.00. The SMILES string of the molecule is CC(C(O[PH](=O)O)O[PH](=O)O)C(O)(O[PH](=O)O)O[PH](=O)O. The maximum atomic E-state index is 10.6. The van der Waals surface area contributed by atoms with E-state index in [0.29, 0.717) is 0 Å². The summed E-state index contributed by atoms with van der Waals surface area (Å²) in [4.78, 5) is 34.5. The molecule has 0 aliphatic heterocycles. The topological polar surface area (TPSA) is 206 Å². The molecule has 0 saturated heterocycles. The highest BCUT2D eigenvalue weighted by Gasteiger charge is 2.46. The second-order valence-electron chi connectivity index (χ2n) is 3.29. The van der Waals surface area contributed by atoms with E-state index >= 15 is 0 Å². The molecule has 0 aliphatic rings. The van der Waals surface area contributed by atoms with E-state index < -0.39 is 51.2 Å². The molecule has 0 aliphatic carbocycles. The molecule has 17 heteroatoms. The Labute approximate surface area is 120 Å². The van der Waals surface area contributed by atoms with Crippen molar-refractivity contribution in [1.29, 1.82) is 0 Å². The van der Waals surface area contributed by atoms with Crippen LogP contribution in [-0.4, -0.2) is 36.9 Å². The second-order valence-corrected chi connectivity index (χ2v) is 6.30. The molecule has 0 aromatic carbocycles. The van der Waals surface area contributed by atoms with Crippen LogP contribution >= 0.6 is 33.0 Å². The molecule has 0 spiro atoms. The van der Waals surface area contributed by atoms with Gasteiger partial charge in [0.2, 0.25) is 0 Å². The first-order chi connectivity index (χ1) is 9.47. The second kappa shape index (κ2) is 9.64. The lowest BCUT2D eigenvalue weighted by Gasteiger charge is -2.33. The van der Waals surface area contributed by atoms with Gasteiger partial charge in [-0.2, -0.15) is 0 Å².